The van der Waals surface area contributed by atoms with Gasteiger partial charge >= 0.3 is 0 Å². The van der Waals surface area contributed by atoms with E-state index in [1.807, 2.05) is 80.6 Å². The number of hydrogen-bond acceptors (Lipinski definition) is 7. The number of furan rings is 1. The second kappa shape index (κ2) is 8.34. The summed E-state index contributed by atoms with van der Waals surface area (Å²) in [4.78, 5) is 9.45. The van der Waals surface area contributed by atoms with Gasteiger partial charge in [0, 0.05) is 0 Å². The van der Waals surface area contributed by atoms with Gasteiger partial charge in [-0.25, -0.2) is 19.2 Å². The molecular formula is C28H22N6O3. The molecule has 1 atom stereocenters. The van der Waals surface area contributed by atoms with E-state index in [0.29, 0.717) is 23.2 Å². The monoisotopic (exact) mass is 490 g/mol. The number of hydrogen-bond donors (Lipinski definition) is 0. The first kappa shape index (κ1) is 21.4. The van der Waals surface area contributed by atoms with Crippen LogP contribution in [0, 0.1) is 13.8 Å². The first-order chi connectivity index (χ1) is 18.2. The summed E-state index contributed by atoms with van der Waals surface area (Å²) in [5.74, 6) is 2.81. The number of aryl methyl sites for hydroxylation is 2. The topological polar surface area (TPSA) is 92.5 Å². The maximum absolute atomic E-state index is 6.41. The summed E-state index contributed by atoms with van der Waals surface area (Å²) in [5.41, 5.74) is 5.09. The molecule has 0 aliphatic carbocycles. The molecule has 182 valence electrons. The molecule has 37 heavy (non-hydrogen) atoms. The molecule has 6 aromatic rings. The van der Waals surface area contributed by atoms with Crippen LogP contribution in [0.3, 0.4) is 0 Å². The summed E-state index contributed by atoms with van der Waals surface area (Å²) in [7, 11) is 0. The highest BCUT2D eigenvalue weighted by Crippen LogP contribution is 2.49. The highest BCUT2D eigenvalue weighted by Gasteiger charge is 2.39. The van der Waals surface area contributed by atoms with Crippen molar-refractivity contribution in [2.45, 2.75) is 26.4 Å². The second-order valence-electron chi connectivity index (χ2n) is 8.92. The van der Waals surface area contributed by atoms with Crippen molar-refractivity contribution in [3.05, 3.63) is 113 Å². The molecule has 1 aliphatic rings. The summed E-state index contributed by atoms with van der Waals surface area (Å²) in [6.45, 7) is 4.21. The minimum Gasteiger partial charge on any atom is -0.485 e. The van der Waals surface area contributed by atoms with Crippen LogP contribution in [0.4, 0.5) is 0 Å². The average Bonchev–Trinajstić information content (AvgIpc) is 3.67. The Hall–Kier alpha value is -4.92. The summed E-state index contributed by atoms with van der Waals surface area (Å²) in [5, 5.41) is 9.45. The Morgan fingerprint density at radius 3 is 2.57 bits per heavy atom. The highest BCUT2D eigenvalue weighted by molar-refractivity contribution is 5.65. The smallest absolute Gasteiger partial charge is 0.230 e. The molecule has 4 aromatic heterocycles. The number of fused-ring (bicyclic) bond motifs is 4. The summed E-state index contributed by atoms with van der Waals surface area (Å²) in [6, 6.07) is 21.6. The minimum absolute atomic E-state index is 0.226. The normalized spacial score (nSPS) is 14.3. The predicted molar refractivity (Wildman–Crippen MR) is 134 cm³/mol. The molecular weight excluding hydrogens is 468 g/mol. The molecule has 0 fully saturated rings. The average molecular weight is 491 g/mol. The molecule has 7 rings (SSSR count). The van der Waals surface area contributed by atoms with Crippen molar-refractivity contribution in [3.63, 3.8) is 0 Å². The molecule has 1 aliphatic heterocycles. The fourth-order valence-electron chi connectivity index (χ4n) is 4.83. The van der Waals surface area contributed by atoms with E-state index < -0.39 is 0 Å². The van der Waals surface area contributed by atoms with Crippen molar-refractivity contribution in [2.24, 2.45) is 0 Å². The number of rotatable bonds is 5. The third kappa shape index (κ3) is 3.47. The van der Waals surface area contributed by atoms with Crippen LogP contribution in [0.25, 0.3) is 11.3 Å². The van der Waals surface area contributed by atoms with Crippen LogP contribution in [0.15, 0.2) is 83.7 Å². The van der Waals surface area contributed by atoms with E-state index in [1.54, 1.807) is 21.8 Å². The Labute approximate surface area is 211 Å². The van der Waals surface area contributed by atoms with E-state index in [4.69, 9.17) is 24.0 Å². The van der Waals surface area contributed by atoms with Crippen LogP contribution >= 0.6 is 0 Å². The van der Waals surface area contributed by atoms with Crippen molar-refractivity contribution in [2.75, 3.05) is 0 Å². The van der Waals surface area contributed by atoms with E-state index in [9.17, 15) is 0 Å². The standard InChI is InChI=1S/C28H22N6O3/c1-17-9-6-7-12-20(17)36-15-22-30-26-25-24(21-13-8-14-35-21)23-18(2)31-34(19-10-4-3-5-11-19)28(23)37-27(25)29-16-33(26)32-22/h3-14,16,24H,15H2,1-2H3/t24-/m1/s1. The van der Waals surface area contributed by atoms with Crippen LogP contribution in [-0.4, -0.2) is 29.4 Å². The minimum atomic E-state index is -0.322. The van der Waals surface area contributed by atoms with Crippen LogP contribution < -0.4 is 9.47 Å². The molecule has 0 radical (unpaired) electrons. The molecule has 9 nitrogen and oxygen atoms in total. The maximum atomic E-state index is 6.41. The summed E-state index contributed by atoms with van der Waals surface area (Å²) >= 11 is 0. The SMILES string of the molecule is Cc1ccccc1OCc1nc2c3c(ncn2n1)Oc1c(c(C)nn1-c1ccccc1)[C@H]3c1ccco1. The quantitative estimate of drug-likeness (QED) is 0.320. The zero-order chi connectivity index (χ0) is 24.9. The van der Waals surface area contributed by atoms with Gasteiger partial charge in [0.2, 0.25) is 11.8 Å². The molecule has 0 unspecified atom stereocenters. The lowest BCUT2D eigenvalue weighted by molar-refractivity contribution is 0.294. The Kier molecular flexibility index (Phi) is 4.81. The third-order valence-electron chi connectivity index (χ3n) is 6.54. The Bertz CT molecular complexity index is 1740. The Morgan fingerprint density at radius 1 is 0.919 bits per heavy atom. The molecule has 0 bridgehead atoms. The van der Waals surface area contributed by atoms with Crippen molar-refractivity contribution in [1.82, 2.24) is 29.4 Å². The van der Waals surface area contributed by atoms with Crippen LogP contribution in [0.2, 0.25) is 0 Å². The first-order valence-electron chi connectivity index (χ1n) is 12.0. The molecule has 2 aromatic carbocycles. The van der Waals surface area contributed by atoms with Crippen molar-refractivity contribution in [1.29, 1.82) is 0 Å². The van der Waals surface area contributed by atoms with E-state index in [1.165, 1.54) is 0 Å². The molecule has 0 spiro atoms. The van der Waals surface area contributed by atoms with Crippen molar-refractivity contribution in [3.8, 4) is 23.2 Å². The number of ether oxygens (including phenoxy) is 2. The zero-order valence-electron chi connectivity index (χ0n) is 20.2. The van der Waals surface area contributed by atoms with Crippen molar-refractivity contribution < 1.29 is 13.9 Å². The van der Waals surface area contributed by atoms with E-state index >= 15 is 0 Å². The molecule has 9 heteroatoms. The fourth-order valence-corrected chi connectivity index (χ4v) is 4.83. The summed E-state index contributed by atoms with van der Waals surface area (Å²) in [6.07, 6.45) is 3.28. The van der Waals surface area contributed by atoms with Gasteiger partial charge in [-0.15, -0.1) is 5.10 Å². The second-order valence-corrected chi connectivity index (χ2v) is 8.92. The van der Waals surface area contributed by atoms with Gasteiger partial charge in [0.25, 0.3) is 0 Å². The van der Waals surface area contributed by atoms with Crippen LogP contribution in [0.5, 0.6) is 17.5 Å². The molecule has 0 amide bonds. The largest absolute Gasteiger partial charge is 0.485 e. The van der Waals surface area contributed by atoms with E-state index in [2.05, 4.69) is 10.1 Å². The van der Waals surface area contributed by atoms with Gasteiger partial charge in [0.05, 0.1) is 34.7 Å². The van der Waals surface area contributed by atoms with Crippen LogP contribution in [0.1, 0.15) is 39.9 Å². The zero-order valence-corrected chi connectivity index (χ0v) is 20.2. The van der Waals surface area contributed by atoms with Gasteiger partial charge in [0.15, 0.2) is 11.5 Å². The summed E-state index contributed by atoms with van der Waals surface area (Å²) < 4.78 is 21.8. The number of benzene rings is 2. The van der Waals surface area contributed by atoms with Gasteiger partial charge < -0.3 is 13.9 Å². The highest BCUT2D eigenvalue weighted by atomic mass is 16.5. The van der Waals surface area contributed by atoms with Gasteiger partial charge in [0.1, 0.15) is 24.4 Å². The predicted octanol–water partition coefficient (Wildman–Crippen LogP) is 5.38. The lowest BCUT2D eigenvalue weighted by atomic mass is 9.88. The van der Waals surface area contributed by atoms with E-state index in [-0.39, 0.29) is 12.5 Å². The molecule has 0 N–H and O–H groups in total. The first-order valence-corrected chi connectivity index (χ1v) is 12.0. The molecule has 0 saturated heterocycles. The lowest BCUT2D eigenvalue weighted by Gasteiger charge is -2.24. The Balaban J connectivity index is 1.36. The van der Waals surface area contributed by atoms with E-state index in [0.717, 1.165) is 39.6 Å². The Morgan fingerprint density at radius 2 is 1.76 bits per heavy atom. The van der Waals surface area contributed by atoms with Gasteiger partial charge in [-0.1, -0.05) is 36.4 Å². The number of para-hydroxylation sites is 2. The number of aromatic nitrogens is 6. The maximum Gasteiger partial charge on any atom is 0.230 e. The molecule has 5 heterocycles. The third-order valence-corrected chi connectivity index (χ3v) is 6.54. The van der Waals surface area contributed by atoms with Gasteiger partial charge in [-0.05, 0) is 49.7 Å². The molecule has 0 saturated carbocycles. The lowest BCUT2D eigenvalue weighted by Crippen LogP contribution is -2.15. The van der Waals surface area contributed by atoms with Crippen LogP contribution in [-0.2, 0) is 6.61 Å². The number of nitrogens with zero attached hydrogens (tertiary/aromatic N) is 6. The van der Waals surface area contributed by atoms with Crippen molar-refractivity contribution >= 4 is 5.65 Å². The fraction of sp³-hybridized carbons (Fsp3) is 0.143. The van der Waals surface area contributed by atoms with Gasteiger partial charge in [-0.2, -0.15) is 5.10 Å². The van der Waals surface area contributed by atoms with Gasteiger partial charge in [-0.3, -0.25) is 0 Å².